The number of methoxy groups -OCH3 is 2. The van der Waals surface area contributed by atoms with Crippen LogP contribution in [0.4, 0.5) is 0 Å². The number of hydrogen-bond donors (Lipinski definition) is 1. The SMILES string of the molecule is CCCCC(CC)C(N)c1c(OC)cccc1OC. The second kappa shape index (κ2) is 8.05. The number of unbranched alkanes of at least 4 members (excludes halogenated alkanes) is 1. The molecule has 1 aromatic rings. The molecule has 0 amide bonds. The van der Waals surface area contributed by atoms with Crippen molar-refractivity contribution in [3.63, 3.8) is 0 Å². The molecule has 3 nitrogen and oxygen atoms in total. The Morgan fingerprint density at radius 1 is 1.11 bits per heavy atom. The first-order valence-electron chi connectivity index (χ1n) is 7.15. The van der Waals surface area contributed by atoms with Gasteiger partial charge in [0.1, 0.15) is 11.5 Å². The summed E-state index contributed by atoms with van der Waals surface area (Å²) in [7, 11) is 3.36. The van der Waals surface area contributed by atoms with Crippen LogP contribution in [0.25, 0.3) is 0 Å². The van der Waals surface area contributed by atoms with E-state index in [-0.39, 0.29) is 6.04 Å². The molecule has 0 saturated heterocycles. The Hall–Kier alpha value is -1.22. The van der Waals surface area contributed by atoms with Gasteiger partial charge in [0.05, 0.1) is 19.8 Å². The van der Waals surface area contributed by atoms with Crippen molar-refractivity contribution in [2.75, 3.05) is 14.2 Å². The largest absolute Gasteiger partial charge is 0.496 e. The highest BCUT2D eigenvalue weighted by molar-refractivity contribution is 5.47. The molecule has 0 aliphatic heterocycles. The molecule has 2 unspecified atom stereocenters. The molecule has 1 rings (SSSR count). The summed E-state index contributed by atoms with van der Waals surface area (Å²) in [6, 6.07) is 5.79. The first-order chi connectivity index (χ1) is 9.19. The van der Waals surface area contributed by atoms with Crippen molar-refractivity contribution in [3.8, 4) is 11.5 Å². The van der Waals surface area contributed by atoms with E-state index in [2.05, 4.69) is 13.8 Å². The van der Waals surface area contributed by atoms with Crippen LogP contribution in [0.2, 0.25) is 0 Å². The summed E-state index contributed by atoms with van der Waals surface area (Å²) in [6.45, 7) is 4.41. The highest BCUT2D eigenvalue weighted by Crippen LogP contribution is 2.38. The van der Waals surface area contributed by atoms with Gasteiger partial charge in [0, 0.05) is 6.04 Å². The second-order valence-electron chi connectivity index (χ2n) is 4.91. The highest BCUT2D eigenvalue weighted by atomic mass is 16.5. The smallest absolute Gasteiger partial charge is 0.127 e. The lowest BCUT2D eigenvalue weighted by Crippen LogP contribution is -2.22. The lowest BCUT2D eigenvalue weighted by Gasteiger charge is -2.26. The van der Waals surface area contributed by atoms with Gasteiger partial charge < -0.3 is 15.2 Å². The Kier molecular flexibility index (Phi) is 6.71. The van der Waals surface area contributed by atoms with Crippen LogP contribution in [-0.2, 0) is 0 Å². The van der Waals surface area contributed by atoms with Crippen LogP contribution in [-0.4, -0.2) is 14.2 Å². The molecule has 0 aliphatic rings. The topological polar surface area (TPSA) is 44.5 Å². The van der Waals surface area contributed by atoms with Crippen LogP contribution in [0.1, 0.15) is 51.1 Å². The zero-order valence-corrected chi connectivity index (χ0v) is 12.6. The van der Waals surface area contributed by atoms with Gasteiger partial charge in [-0.3, -0.25) is 0 Å². The minimum Gasteiger partial charge on any atom is -0.496 e. The molecular formula is C16H27NO2. The van der Waals surface area contributed by atoms with E-state index in [0.717, 1.165) is 29.9 Å². The lowest BCUT2D eigenvalue weighted by molar-refractivity contribution is 0.336. The van der Waals surface area contributed by atoms with Crippen molar-refractivity contribution in [1.29, 1.82) is 0 Å². The third-order valence-electron chi connectivity index (χ3n) is 3.76. The number of ether oxygens (including phenoxy) is 2. The summed E-state index contributed by atoms with van der Waals surface area (Å²) in [5.74, 6) is 2.11. The van der Waals surface area contributed by atoms with Gasteiger partial charge in [-0.2, -0.15) is 0 Å². The fraction of sp³-hybridized carbons (Fsp3) is 0.625. The normalized spacial score (nSPS) is 13.9. The average molecular weight is 265 g/mol. The molecule has 2 atom stereocenters. The Morgan fingerprint density at radius 3 is 2.11 bits per heavy atom. The molecule has 19 heavy (non-hydrogen) atoms. The Bertz CT molecular complexity index is 357. The van der Waals surface area contributed by atoms with E-state index in [9.17, 15) is 0 Å². The van der Waals surface area contributed by atoms with Crippen molar-refractivity contribution in [2.45, 2.75) is 45.6 Å². The van der Waals surface area contributed by atoms with Crippen molar-refractivity contribution in [2.24, 2.45) is 11.7 Å². The van der Waals surface area contributed by atoms with Gasteiger partial charge in [0.15, 0.2) is 0 Å². The van der Waals surface area contributed by atoms with Gasteiger partial charge in [-0.25, -0.2) is 0 Å². The molecular weight excluding hydrogens is 238 g/mol. The monoisotopic (exact) mass is 265 g/mol. The third-order valence-corrected chi connectivity index (χ3v) is 3.76. The van der Waals surface area contributed by atoms with Crippen LogP contribution >= 0.6 is 0 Å². The summed E-state index contributed by atoms with van der Waals surface area (Å²) in [6.07, 6.45) is 4.63. The summed E-state index contributed by atoms with van der Waals surface area (Å²) >= 11 is 0. The average Bonchev–Trinajstić information content (AvgIpc) is 2.46. The predicted octanol–water partition coefficient (Wildman–Crippen LogP) is 3.92. The van der Waals surface area contributed by atoms with E-state index in [0.29, 0.717) is 5.92 Å². The van der Waals surface area contributed by atoms with Crippen molar-refractivity contribution in [1.82, 2.24) is 0 Å². The van der Waals surface area contributed by atoms with E-state index in [1.54, 1.807) is 14.2 Å². The van der Waals surface area contributed by atoms with Crippen LogP contribution in [0.3, 0.4) is 0 Å². The van der Waals surface area contributed by atoms with Crippen molar-refractivity contribution < 1.29 is 9.47 Å². The minimum absolute atomic E-state index is 0.0392. The predicted molar refractivity (Wildman–Crippen MR) is 79.8 cm³/mol. The number of hydrogen-bond acceptors (Lipinski definition) is 3. The molecule has 0 spiro atoms. The van der Waals surface area contributed by atoms with E-state index in [1.807, 2.05) is 18.2 Å². The molecule has 0 bridgehead atoms. The third kappa shape index (κ3) is 3.87. The van der Waals surface area contributed by atoms with E-state index in [4.69, 9.17) is 15.2 Å². The first-order valence-corrected chi connectivity index (χ1v) is 7.15. The number of rotatable bonds is 8. The van der Waals surface area contributed by atoms with Crippen molar-refractivity contribution in [3.05, 3.63) is 23.8 Å². The quantitative estimate of drug-likeness (QED) is 0.774. The number of nitrogens with two attached hydrogens (primary N) is 1. The van der Waals surface area contributed by atoms with E-state index in [1.165, 1.54) is 12.8 Å². The van der Waals surface area contributed by atoms with Gasteiger partial charge in [-0.1, -0.05) is 39.2 Å². The minimum atomic E-state index is -0.0392. The highest BCUT2D eigenvalue weighted by Gasteiger charge is 2.24. The van der Waals surface area contributed by atoms with Gasteiger partial charge in [-0.05, 0) is 24.5 Å². The molecule has 0 fully saturated rings. The van der Waals surface area contributed by atoms with Crippen LogP contribution < -0.4 is 15.2 Å². The summed E-state index contributed by atoms with van der Waals surface area (Å²) in [4.78, 5) is 0. The summed E-state index contributed by atoms with van der Waals surface area (Å²) < 4.78 is 10.9. The molecule has 108 valence electrons. The fourth-order valence-corrected chi connectivity index (χ4v) is 2.55. The van der Waals surface area contributed by atoms with Crippen LogP contribution in [0.15, 0.2) is 18.2 Å². The van der Waals surface area contributed by atoms with Gasteiger partial charge in [0.2, 0.25) is 0 Å². The van der Waals surface area contributed by atoms with Gasteiger partial charge in [-0.15, -0.1) is 0 Å². The van der Waals surface area contributed by atoms with Gasteiger partial charge >= 0.3 is 0 Å². The lowest BCUT2D eigenvalue weighted by atomic mass is 9.86. The first kappa shape index (κ1) is 15.8. The molecule has 0 saturated carbocycles. The van der Waals surface area contributed by atoms with E-state index < -0.39 is 0 Å². The molecule has 0 aromatic heterocycles. The van der Waals surface area contributed by atoms with Gasteiger partial charge in [0.25, 0.3) is 0 Å². The molecule has 0 radical (unpaired) electrons. The molecule has 1 aromatic carbocycles. The number of benzene rings is 1. The Balaban J connectivity index is 3.04. The molecule has 2 N–H and O–H groups in total. The maximum atomic E-state index is 6.48. The fourth-order valence-electron chi connectivity index (χ4n) is 2.55. The Morgan fingerprint density at radius 2 is 1.68 bits per heavy atom. The molecule has 3 heteroatoms. The second-order valence-corrected chi connectivity index (χ2v) is 4.91. The maximum Gasteiger partial charge on any atom is 0.127 e. The molecule has 0 aliphatic carbocycles. The zero-order valence-electron chi connectivity index (χ0n) is 12.6. The summed E-state index contributed by atoms with van der Waals surface area (Å²) in [5.41, 5.74) is 7.48. The van der Waals surface area contributed by atoms with E-state index >= 15 is 0 Å². The standard InChI is InChI=1S/C16H27NO2/c1-5-7-9-12(6-2)16(17)15-13(18-3)10-8-11-14(15)19-4/h8,10-12,16H,5-7,9,17H2,1-4H3. The van der Waals surface area contributed by atoms with Crippen molar-refractivity contribution >= 4 is 0 Å². The Labute approximate surface area is 117 Å². The zero-order chi connectivity index (χ0) is 14.3. The summed E-state index contributed by atoms with van der Waals surface area (Å²) in [5, 5.41) is 0. The maximum absolute atomic E-state index is 6.48. The van der Waals surface area contributed by atoms with Crippen LogP contribution in [0.5, 0.6) is 11.5 Å². The molecule has 0 heterocycles. The van der Waals surface area contributed by atoms with Crippen LogP contribution in [0, 0.1) is 5.92 Å².